The molecule has 0 spiro atoms. The number of anilines is 4. The van der Waals surface area contributed by atoms with Crippen molar-refractivity contribution in [3.05, 3.63) is 30.1 Å². The minimum atomic E-state index is 0.237. The van der Waals surface area contributed by atoms with Crippen molar-refractivity contribution in [3.8, 4) is 0 Å². The summed E-state index contributed by atoms with van der Waals surface area (Å²) >= 11 is 0. The summed E-state index contributed by atoms with van der Waals surface area (Å²) in [5, 5.41) is 7.05. The van der Waals surface area contributed by atoms with Gasteiger partial charge in [-0.1, -0.05) is 19.3 Å². The highest BCUT2D eigenvalue weighted by atomic mass is 16.5. The largest absolute Gasteiger partial charge is 0.372 e. The molecule has 1 saturated heterocycles. The summed E-state index contributed by atoms with van der Waals surface area (Å²) in [5.74, 6) is 1.39. The molecule has 0 amide bonds. The molecular formula is C24H33N7O. The highest BCUT2D eigenvalue weighted by Gasteiger charge is 2.23. The predicted molar refractivity (Wildman–Crippen MR) is 129 cm³/mol. The number of rotatable bonds is 5. The Morgan fingerprint density at radius 3 is 2.59 bits per heavy atom. The number of nitrogens with zero attached hydrogens (tertiary/aromatic N) is 4. The van der Waals surface area contributed by atoms with Crippen molar-refractivity contribution in [2.75, 3.05) is 28.6 Å². The van der Waals surface area contributed by atoms with E-state index in [0.717, 1.165) is 35.7 Å². The van der Waals surface area contributed by atoms with E-state index >= 15 is 0 Å². The zero-order valence-electron chi connectivity index (χ0n) is 19.2. The first-order chi connectivity index (χ1) is 15.5. The van der Waals surface area contributed by atoms with Gasteiger partial charge in [0.2, 0.25) is 5.95 Å². The van der Waals surface area contributed by atoms with Crippen molar-refractivity contribution >= 4 is 34.3 Å². The Kier molecular flexibility index (Phi) is 5.87. The maximum Gasteiger partial charge on any atom is 0.231 e. The number of hydrogen-bond donors (Lipinski definition) is 3. The number of imidazole rings is 1. The fourth-order valence-corrected chi connectivity index (χ4v) is 4.93. The summed E-state index contributed by atoms with van der Waals surface area (Å²) < 4.78 is 5.88. The van der Waals surface area contributed by atoms with E-state index in [-0.39, 0.29) is 12.2 Å². The average Bonchev–Trinajstić information content (AvgIpc) is 3.24. The first kappa shape index (κ1) is 21.0. The van der Waals surface area contributed by atoms with Crippen molar-refractivity contribution in [1.29, 1.82) is 0 Å². The molecular weight excluding hydrogens is 402 g/mol. The van der Waals surface area contributed by atoms with Gasteiger partial charge in [0, 0.05) is 30.5 Å². The molecule has 0 bridgehead atoms. The number of morpholine rings is 1. The van der Waals surface area contributed by atoms with Crippen LogP contribution in [0.1, 0.15) is 51.5 Å². The van der Waals surface area contributed by atoms with Crippen LogP contribution >= 0.6 is 0 Å². The normalized spacial score (nSPS) is 22.3. The lowest BCUT2D eigenvalue weighted by Crippen LogP contribution is -2.45. The number of aromatic amines is 1. The maximum atomic E-state index is 5.88. The SMILES string of the molecule is Cc1cc(N2C[C@@H](C)O[C@@H](C)C2)ccc1Nc1nc(NC2CCCCC2)c2[nH]cnc2n1. The maximum absolute atomic E-state index is 5.88. The molecule has 1 aliphatic heterocycles. The van der Waals surface area contributed by atoms with Crippen LogP contribution in [0.15, 0.2) is 24.5 Å². The second-order valence-electron chi connectivity index (χ2n) is 9.26. The third-order valence-corrected chi connectivity index (χ3v) is 6.47. The van der Waals surface area contributed by atoms with Crippen LogP contribution in [0.25, 0.3) is 11.2 Å². The summed E-state index contributed by atoms with van der Waals surface area (Å²) in [5.41, 5.74) is 4.91. The van der Waals surface area contributed by atoms with Crippen LogP contribution in [-0.2, 0) is 4.74 Å². The zero-order valence-corrected chi connectivity index (χ0v) is 19.2. The second-order valence-corrected chi connectivity index (χ2v) is 9.26. The van der Waals surface area contributed by atoms with Crippen molar-refractivity contribution < 1.29 is 4.74 Å². The van der Waals surface area contributed by atoms with Crippen molar-refractivity contribution in [1.82, 2.24) is 19.9 Å². The fourth-order valence-electron chi connectivity index (χ4n) is 4.93. The van der Waals surface area contributed by atoms with Gasteiger partial charge in [0.05, 0.1) is 18.5 Å². The van der Waals surface area contributed by atoms with Gasteiger partial charge in [0.15, 0.2) is 11.5 Å². The standard InChI is InChI=1S/C24H33N7O/c1-15-11-19(31-12-16(2)32-17(3)13-31)9-10-20(15)28-24-29-22-21(25-14-26-22)23(30-24)27-18-7-5-4-6-8-18/h9-11,14,16-18H,4-8,12-13H2,1-3H3,(H3,25,26,27,28,29,30)/t16-,17+. The molecule has 3 aromatic rings. The van der Waals surface area contributed by atoms with Crippen LogP contribution in [-0.4, -0.2) is 51.3 Å². The lowest BCUT2D eigenvalue weighted by Gasteiger charge is -2.37. The molecule has 0 radical (unpaired) electrons. The van der Waals surface area contributed by atoms with Gasteiger partial charge in [0.1, 0.15) is 5.52 Å². The molecule has 1 saturated carbocycles. The molecule has 2 atom stereocenters. The molecule has 8 nitrogen and oxygen atoms in total. The topological polar surface area (TPSA) is 91.0 Å². The van der Waals surface area contributed by atoms with Gasteiger partial charge in [-0.05, 0) is 57.4 Å². The number of nitrogens with one attached hydrogen (secondary N) is 3. The minimum Gasteiger partial charge on any atom is -0.372 e. The Labute approximate surface area is 189 Å². The predicted octanol–water partition coefficient (Wildman–Crippen LogP) is 4.76. The number of benzene rings is 1. The average molecular weight is 436 g/mol. The summed E-state index contributed by atoms with van der Waals surface area (Å²) in [6.07, 6.45) is 8.38. The van der Waals surface area contributed by atoms with Crippen molar-refractivity contribution in [2.24, 2.45) is 0 Å². The molecule has 3 heterocycles. The van der Waals surface area contributed by atoms with E-state index in [9.17, 15) is 0 Å². The fraction of sp³-hybridized carbons (Fsp3) is 0.542. The molecule has 32 heavy (non-hydrogen) atoms. The van der Waals surface area contributed by atoms with Gasteiger partial charge in [-0.3, -0.25) is 0 Å². The number of aromatic nitrogens is 4. The monoisotopic (exact) mass is 435 g/mol. The van der Waals surface area contributed by atoms with E-state index in [1.807, 2.05) is 0 Å². The number of aryl methyl sites for hydroxylation is 1. The Bertz CT molecular complexity index is 1070. The van der Waals surface area contributed by atoms with Crippen molar-refractivity contribution in [2.45, 2.75) is 71.1 Å². The number of H-pyrrole nitrogens is 1. The summed E-state index contributed by atoms with van der Waals surface area (Å²) in [7, 11) is 0. The van der Waals surface area contributed by atoms with E-state index in [1.54, 1.807) is 6.33 Å². The van der Waals surface area contributed by atoms with Crippen LogP contribution in [0.2, 0.25) is 0 Å². The molecule has 5 rings (SSSR count). The van der Waals surface area contributed by atoms with Gasteiger partial charge in [-0.2, -0.15) is 9.97 Å². The first-order valence-corrected chi connectivity index (χ1v) is 11.8. The van der Waals surface area contributed by atoms with E-state index in [2.05, 4.69) is 69.5 Å². The van der Waals surface area contributed by atoms with Gasteiger partial charge >= 0.3 is 0 Å². The summed E-state index contributed by atoms with van der Waals surface area (Å²) in [4.78, 5) is 19.4. The zero-order chi connectivity index (χ0) is 22.1. The first-order valence-electron chi connectivity index (χ1n) is 11.8. The molecule has 0 unspecified atom stereocenters. The number of ether oxygens (including phenoxy) is 1. The van der Waals surface area contributed by atoms with Crippen molar-refractivity contribution in [3.63, 3.8) is 0 Å². The smallest absolute Gasteiger partial charge is 0.231 e. The van der Waals surface area contributed by atoms with Crippen LogP contribution in [0.3, 0.4) is 0 Å². The number of hydrogen-bond acceptors (Lipinski definition) is 7. The van der Waals surface area contributed by atoms with Gasteiger partial charge in [-0.25, -0.2) is 4.98 Å². The Hall–Kier alpha value is -2.87. The van der Waals surface area contributed by atoms with E-state index in [1.165, 1.54) is 37.8 Å². The molecule has 1 aliphatic carbocycles. The molecule has 2 fully saturated rings. The summed E-state index contributed by atoms with van der Waals surface area (Å²) in [6, 6.07) is 6.95. The molecule has 8 heteroatoms. The molecule has 1 aromatic carbocycles. The van der Waals surface area contributed by atoms with Crippen LogP contribution < -0.4 is 15.5 Å². The highest BCUT2D eigenvalue weighted by Crippen LogP contribution is 2.29. The van der Waals surface area contributed by atoms with E-state index in [0.29, 0.717) is 17.6 Å². The lowest BCUT2D eigenvalue weighted by atomic mass is 9.95. The quantitative estimate of drug-likeness (QED) is 0.532. The Balaban J connectivity index is 1.37. The summed E-state index contributed by atoms with van der Waals surface area (Å²) in [6.45, 7) is 8.20. The third-order valence-electron chi connectivity index (χ3n) is 6.47. The van der Waals surface area contributed by atoms with Crippen LogP contribution in [0, 0.1) is 6.92 Å². The lowest BCUT2D eigenvalue weighted by molar-refractivity contribution is -0.00521. The van der Waals surface area contributed by atoms with Gasteiger partial charge < -0.3 is 25.3 Å². The minimum absolute atomic E-state index is 0.237. The third kappa shape index (κ3) is 4.50. The number of fused-ring (bicyclic) bond motifs is 1. The Morgan fingerprint density at radius 1 is 1.06 bits per heavy atom. The molecule has 170 valence electrons. The highest BCUT2D eigenvalue weighted by molar-refractivity contribution is 5.84. The molecule has 2 aromatic heterocycles. The second kappa shape index (κ2) is 8.94. The van der Waals surface area contributed by atoms with E-state index < -0.39 is 0 Å². The van der Waals surface area contributed by atoms with Gasteiger partial charge in [-0.15, -0.1) is 0 Å². The Morgan fingerprint density at radius 2 is 1.84 bits per heavy atom. The van der Waals surface area contributed by atoms with Gasteiger partial charge in [0.25, 0.3) is 0 Å². The van der Waals surface area contributed by atoms with Crippen LogP contribution in [0.5, 0.6) is 0 Å². The molecule has 3 N–H and O–H groups in total. The molecule has 2 aliphatic rings. The van der Waals surface area contributed by atoms with Crippen LogP contribution in [0.4, 0.5) is 23.1 Å². The van der Waals surface area contributed by atoms with E-state index in [4.69, 9.17) is 9.72 Å².